The zero-order valence-corrected chi connectivity index (χ0v) is 30.9. The minimum Gasteiger partial charge on any atom is -0.508 e. The van der Waals surface area contributed by atoms with Crippen LogP contribution >= 0.6 is 27.5 Å². The number of hydrogen-bond acceptors (Lipinski definition) is 8. The Kier molecular flexibility index (Phi) is 21.1. The van der Waals surface area contributed by atoms with E-state index >= 15 is 0 Å². The zero-order valence-electron chi connectivity index (χ0n) is 28.6. The Labute approximate surface area is 309 Å². The van der Waals surface area contributed by atoms with Crippen LogP contribution in [-0.4, -0.2) is 68.9 Å². The molecule has 4 aromatic rings. The van der Waals surface area contributed by atoms with E-state index in [2.05, 4.69) is 15.9 Å². The molecule has 0 aromatic heterocycles. The van der Waals surface area contributed by atoms with Gasteiger partial charge in [-0.3, -0.25) is 0 Å². The van der Waals surface area contributed by atoms with E-state index in [4.69, 9.17) is 51.0 Å². The Hall–Kier alpha value is -4.23. The number of hydrogen-bond donors (Lipinski definition) is 4. The van der Waals surface area contributed by atoms with E-state index in [0.717, 1.165) is 16.8 Å². The Bertz CT molecular complexity index is 1340. The van der Waals surface area contributed by atoms with Crippen LogP contribution in [0.1, 0.15) is 34.1 Å². The first-order valence-corrected chi connectivity index (χ1v) is 17.3. The fraction of sp³-hybridized carbons (Fsp3) is 0.351. The van der Waals surface area contributed by atoms with Crippen molar-refractivity contribution in [3.05, 3.63) is 97.1 Å². The van der Waals surface area contributed by atoms with Crippen molar-refractivity contribution < 1.29 is 56.9 Å². The van der Waals surface area contributed by atoms with E-state index in [1.807, 2.05) is 13.8 Å². The maximum Gasteiger partial charge on any atom is 0.392 e. The molecule has 4 atom stereocenters. The van der Waals surface area contributed by atoms with Crippen LogP contribution in [0.3, 0.4) is 0 Å². The lowest BCUT2D eigenvalue weighted by atomic mass is 10.2. The van der Waals surface area contributed by atoms with Gasteiger partial charge in [0.15, 0.2) is 0 Å². The molecule has 4 unspecified atom stereocenters. The van der Waals surface area contributed by atoms with Crippen LogP contribution in [0.15, 0.2) is 97.1 Å². The normalized spacial score (nSPS) is 12.8. The molecule has 0 spiro atoms. The van der Waals surface area contributed by atoms with Crippen molar-refractivity contribution in [2.45, 2.75) is 64.7 Å². The molecule has 4 rings (SSSR count). The van der Waals surface area contributed by atoms with Crippen molar-refractivity contribution in [3.63, 3.8) is 0 Å². The molecular weight excluding hydrogens is 764 g/mol. The lowest BCUT2D eigenvalue weighted by Gasteiger charge is -2.16. The summed E-state index contributed by atoms with van der Waals surface area (Å²) in [5.74, 6) is 3.56. The summed E-state index contributed by atoms with van der Waals surface area (Å²) in [5, 5.41) is 36.6. The number of halogens is 6. The fourth-order valence-corrected chi connectivity index (χ4v) is 3.69. The number of aromatic hydroxyl groups is 4. The van der Waals surface area contributed by atoms with Gasteiger partial charge in [-0.25, -0.2) is 4.39 Å². The summed E-state index contributed by atoms with van der Waals surface area (Å²) >= 11 is 8.87. The van der Waals surface area contributed by atoms with E-state index in [0.29, 0.717) is 17.4 Å². The maximum absolute atomic E-state index is 12.0. The predicted molar refractivity (Wildman–Crippen MR) is 194 cm³/mol. The molecule has 4 aromatic carbocycles. The van der Waals surface area contributed by atoms with Gasteiger partial charge in [-0.05, 0) is 125 Å². The van der Waals surface area contributed by atoms with Crippen LogP contribution in [0.4, 0.5) is 17.6 Å². The zero-order chi connectivity index (χ0) is 38.4. The summed E-state index contributed by atoms with van der Waals surface area (Å²) in [6.07, 6.45) is -6.45. The number of benzene rings is 4. The topological polar surface area (TPSA) is 118 Å². The maximum atomic E-state index is 12.0. The molecule has 0 saturated heterocycles. The van der Waals surface area contributed by atoms with Gasteiger partial charge in [-0.1, -0.05) is 15.9 Å². The summed E-state index contributed by atoms with van der Waals surface area (Å²) in [5.41, 5.74) is 0. The molecule has 0 bridgehead atoms. The van der Waals surface area contributed by atoms with Crippen molar-refractivity contribution >= 4 is 27.5 Å². The minimum absolute atomic E-state index is 0.00351. The molecular formula is C37H44BrClF4O8. The minimum atomic E-state index is -4.23. The Morgan fingerprint density at radius 3 is 1.06 bits per heavy atom. The van der Waals surface area contributed by atoms with E-state index in [1.165, 1.54) is 43.3 Å². The molecule has 0 aliphatic heterocycles. The quantitative estimate of drug-likeness (QED) is 0.0826. The van der Waals surface area contributed by atoms with Crippen molar-refractivity contribution in [2.75, 3.05) is 17.9 Å². The van der Waals surface area contributed by atoms with Gasteiger partial charge in [0.1, 0.15) is 77.1 Å². The Balaban J connectivity index is 0.000000342. The summed E-state index contributed by atoms with van der Waals surface area (Å²) in [7, 11) is 0. The number of phenolic OH excluding ortho intramolecular Hbond substituents is 4. The van der Waals surface area contributed by atoms with Crippen molar-refractivity contribution in [3.8, 4) is 46.0 Å². The molecule has 51 heavy (non-hydrogen) atoms. The lowest BCUT2D eigenvalue weighted by molar-refractivity contribution is -0.148. The van der Waals surface area contributed by atoms with Crippen LogP contribution < -0.4 is 18.9 Å². The van der Waals surface area contributed by atoms with Crippen LogP contribution in [0.5, 0.6) is 46.0 Å². The third-order valence-electron chi connectivity index (χ3n) is 5.87. The van der Waals surface area contributed by atoms with E-state index in [1.54, 1.807) is 67.6 Å². The number of alkyl halides is 6. The third-order valence-corrected chi connectivity index (χ3v) is 7.21. The molecule has 0 aliphatic rings. The summed E-state index contributed by atoms with van der Waals surface area (Å²) in [4.78, 5) is 0. The average Bonchev–Trinajstić information content (AvgIpc) is 3.08. The molecule has 8 nitrogen and oxygen atoms in total. The van der Waals surface area contributed by atoms with Gasteiger partial charge in [0, 0.05) is 5.33 Å². The van der Waals surface area contributed by atoms with Crippen LogP contribution in [-0.2, 0) is 0 Å². The largest absolute Gasteiger partial charge is 0.508 e. The van der Waals surface area contributed by atoms with Crippen molar-refractivity contribution in [1.82, 2.24) is 0 Å². The molecule has 0 fully saturated rings. The Morgan fingerprint density at radius 2 is 0.804 bits per heavy atom. The van der Waals surface area contributed by atoms with Gasteiger partial charge in [0.2, 0.25) is 0 Å². The molecule has 282 valence electrons. The van der Waals surface area contributed by atoms with Crippen molar-refractivity contribution in [1.29, 1.82) is 0 Å². The van der Waals surface area contributed by atoms with Crippen LogP contribution in [0.25, 0.3) is 0 Å². The van der Waals surface area contributed by atoms with Gasteiger partial charge in [-0.2, -0.15) is 13.2 Å². The average molecular weight is 808 g/mol. The Morgan fingerprint density at radius 1 is 0.529 bits per heavy atom. The molecule has 14 heteroatoms. The molecule has 0 amide bonds. The summed E-state index contributed by atoms with van der Waals surface area (Å²) in [6, 6.07) is 25.0. The van der Waals surface area contributed by atoms with Gasteiger partial charge in [-0.15, -0.1) is 11.6 Å². The third kappa shape index (κ3) is 22.3. The van der Waals surface area contributed by atoms with E-state index < -0.39 is 31.5 Å². The lowest BCUT2D eigenvalue weighted by Crippen LogP contribution is -2.21. The molecule has 0 aliphatic carbocycles. The highest BCUT2D eigenvalue weighted by Gasteiger charge is 2.30. The second-order valence-electron chi connectivity index (χ2n) is 11.0. The smallest absolute Gasteiger partial charge is 0.392 e. The summed E-state index contributed by atoms with van der Waals surface area (Å²) < 4.78 is 68.8. The molecule has 0 heterocycles. The standard InChI is InChI=1S/C10H11F3O2.C9H11BrO2.C9H11ClO2.C9H11FO2/c1-7(6-10(11,12)13)15-9-4-2-8(14)3-5-9;3*1-7(6-10)12-9-4-2-8(11)3-5-9/h2-5,7,14H,6H2,1H3;3*2-5,7,11H,6H2,1H3. The highest BCUT2D eigenvalue weighted by atomic mass is 79.9. The molecule has 4 N–H and O–H groups in total. The monoisotopic (exact) mass is 806 g/mol. The second kappa shape index (κ2) is 24.0. The van der Waals surface area contributed by atoms with Crippen molar-refractivity contribution in [2.24, 2.45) is 0 Å². The van der Waals surface area contributed by atoms with E-state index in [9.17, 15) is 17.6 Å². The van der Waals surface area contributed by atoms with Crippen LogP contribution in [0, 0.1) is 0 Å². The van der Waals surface area contributed by atoms with Gasteiger partial charge in [0.25, 0.3) is 0 Å². The second-order valence-corrected chi connectivity index (χ2v) is 11.9. The highest BCUT2D eigenvalue weighted by molar-refractivity contribution is 9.09. The summed E-state index contributed by atoms with van der Waals surface area (Å²) in [6.45, 7) is 6.34. The predicted octanol–water partition coefficient (Wildman–Crippen LogP) is 10.2. The first-order valence-electron chi connectivity index (χ1n) is 15.6. The number of ether oxygens (including phenoxy) is 4. The molecule has 0 saturated carbocycles. The number of phenols is 4. The van der Waals surface area contributed by atoms with Crippen LogP contribution in [0.2, 0.25) is 0 Å². The van der Waals surface area contributed by atoms with Gasteiger partial charge < -0.3 is 39.4 Å². The van der Waals surface area contributed by atoms with Gasteiger partial charge >= 0.3 is 6.18 Å². The fourth-order valence-electron chi connectivity index (χ4n) is 3.49. The first-order chi connectivity index (χ1) is 24.0. The highest BCUT2D eigenvalue weighted by Crippen LogP contribution is 2.25. The molecule has 0 radical (unpaired) electrons. The van der Waals surface area contributed by atoms with E-state index in [-0.39, 0.29) is 35.2 Å². The first kappa shape index (κ1) is 44.8. The van der Waals surface area contributed by atoms with Gasteiger partial charge in [0.05, 0.1) is 12.3 Å². The number of rotatable bonds is 12. The SMILES string of the molecule is CC(CBr)Oc1ccc(O)cc1.CC(CC(F)(F)F)Oc1ccc(O)cc1.CC(CCl)Oc1ccc(O)cc1.CC(CF)Oc1ccc(O)cc1.